The lowest BCUT2D eigenvalue weighted by molar-refractivity contribution is 0.0940. The Kier molecular flexibility index (Phi) is 5.95. The molecule has 5 rings (SSSR count). The molecule has 0 spiro atoms. The first-order valence-electron chi connectivity index (χ1n) is 9.49. The fraction of sp³-hybridized carbons (Fsp3) is 0.450. The van der Waals surface area contributed by atoms with Crippen molar-refractivity contribution in [2.75, 3.05) is 7.05 Å². The minimum absolute atomic E-state index is 0. The number of halogens is 2. The number of carbonyl (C=O) groups is 1. The third-order valence-electron chi connectivity index (χ3n) is 6.03. The Balaban J connectivity index is 0.00000240. The van der Waals surface area contributed by atoms with Crippen LogP contribution in [0.2, 0.25) is 0 Å². The number of rotatable bonds is 4. The van der Waals surface area contributed by atoms with E-state index in [0.29, 0.717) is 23.9 Å². The van der Waals surface area contributed by atoms with Gasteiger partial charge in [-0.25, -0.2) is 9.37 Å². The van der Waals surface area contributed by atoms with Crippen molar-refractivity contribution in [3.8, 4) is 5.75 Å². The molecule has 29 heavy (non-hydrogen) atoms. The normalized spacial score (nSPS) is 22.3. The number of hydrogen-bond acceptors (Lipinski definition) is 5. The van der Waals surface area contributed by atoms with Crippen molar-refractivity contribution in [3.05, 3.63) is 57.5 Å². The Bertz CT molecular complexity index is 969. The van der Waals surface area contributed by atoms with E-state index in [1.54, 1.807) is 12.1 Å². The van der Waals surface area contributed by atoms with Crippen LogP contribution in [0.1, 0.15) is 47.6 Å². The number of hydrogen-bond donors (Lipinski definition) is 3. The molecule has 1 amide bonds. The van der Waals surface area contributed by atoms with Gasteiger partial charge in [-0.2, -0.15) is 0 Å². The number of fused-ring (bicyclic) bond motifs is 2. The summed E-state index contributed by atoms with van der Waals surface area (Å²) in [5.74, 6) is -0.731. The van der Waals surface area contributed by atoms with E-state index >= 15 is 0 Å². The minimum atomic E-state index is -0.632. The van der Waals surface area contributed by atoms with Gasteiger partial charge in [-0.1, -0.05) is 12.1 Å². The molecule has 1 fully saturated rings. The maximum Gasteiger partial charge on any atom is 0.296 e. The first-order chi connectivity index (χ1) is 13.4. The van der Waals surface area contributed by atoms with Gasteiger partial charge in [0.1, 0.15) is 11.6 Å². The van der Waals surface area contributed by atoms with Gasteiger partial charge in [-0.05, 0) is 56.3 Å². The zero-order valence-electron chi connectivity index (χ0n) is 16.1. The zero-order chi connectivity index (χ0) is 19.9. The molecule has 9 heteroatoms. The highest BCUT2D eigenvalue weighted by atomic mass is 35.5. The van der Waals surface area contributed by atoms with Crippen LogP contribution in [-0.2, 0) is 18.6 Å². The van der Waals surface area contributed by atoms with Crippen LogP contribution >= 0.6 is 12.4 Å². The van der Waals surface area contributed by atoms with Gasteiger partial charge < -0.3 is 15.7 Å². The summed E-state index contributed by atoms with van der Waals surface area (Å²) in [6.07, 6.45) is 3.61. The average Bonchev–Trinajstić information content (AvgIpc) is 2.97. The Morgan fingerprint density at radius 1 is 1.31 bits per heavy atom. The lowest BCUT2D eigenvalue weighted by atomic mass is 9.77. The lowest BCUT2D eigenvalue weighted by Gasteiger charge is -2.36. The summed E-state index contributed by atoms with van der Waals surface area (Å²) < 4.78 is 14.5. The Labute approximate surface area is 173 Å². The molecule has 3 N–H and O–H groups in total. The molecule has 0 atom stereocenters. The van der Waals surface area contributed by atoms with Gasteiger partial charge in [0.05, 0.1) is 5.54 Å². The maximum absolute atomic E-state index is 13.0. The molecule has 2 aromatic rings. The number of nitrogens with zero attached hydrogens (tertiary/aromatic N) is 2. The van der Waals surface area contributed by atoms with E-state index in [4.69, 9.17) is 0 Å². The first kappa shape index (κ1) is 21.3. The molecular weight excluding hydrogens is 399 g/mol. The first-order valence-corrected chi connectivity index (χ1v) is 9.49. The summed E-state index contributed by atoms with van der Waals surface area (Å²) in [7, 11) is 1.84. The quantitative estimate of drug-likeness (QED) is 0.700. The third-order valence-corrected chi connectivity index (χ3v) is 6.03. The van der Waals surface area contributed by atoms with Crippen LogP contribution in [0.5, 0.6) is 5.75 Å². The fourth-order valence-electron chi connectivity index (χ4n) is 4.30. The summed E-state index contributed by atoms with van der Waals surface area (Å²) in [6, 6.07) is 5.73. The number of aromatic nitrogens is 2. The molecule has 1 aromatic heterocycles. The van der Waals surface area contributed by atoms with Crippen LogP contribution < -0.4 is 16.2 Å². The molecule has 0 unspecified atom stereocenters. The molecule has 1 aromatic carbocycles. The lowest BCUT2D eigenvalue weighted by Crippen LogP contribution is -2.45. The molecule has 156 valence electrons. The molecule has 0 radical (unpaired) electrons. The van der Waals surface area contributed by atoms with Gasteiger partial charge in [0, 0.05) is 13.1 Å². The second-order valence-corrected chi connectivity index (χ2v) is 7.63. The summed E-state index contributed by atoms with van der Waals surface area (Å²) in [5.41, 5.74) is -0.610. The van der Waals surface area contributed by atoms with Crippen LogP contribution in [0.15, 0.2) is 29.1 Å². The standard InChI is InChI=1S/C20H23FN4O3.ClH/c1-22-20-8-6-13(7-9-20)11-25-18(28)16(26)15(24-19(20)25)17(27)23-10-12-2-4-14(21)5-3-12;/h2-5,13,22,26H,6-11H2,1H3,(H,23,27);1H. The van der Waals surface area contributed by atoms with E-state index in [1.807, 2.05) is 7.05 Å². The summed E-state index contributed by atoms with van der Waals surface area (Å²) in [4.78, 5) is 29.9. The minimum Gasteiger partial charge on any atom is -0.501 e. The van der Waals surface area contributed by atoms with E-state index in [9.17, 15) is 19.1 Å². The molecule has 7 nitrogen and oxygen atoms in total. The van der Waals surface area contributed by atoms with Crippen molar-refractivity contribution in [2.24, 2.45) is 5.92 Å². The number of carbonyl (C=O) groups excluding carboxylic acids is 1. The number of amides is 1. The Morgan fingerprint density at radius 3 is 2.59 bits per heavy atom. The van der Waals surface area contributed by atoms with Crippen molar-refractivity contribution in [3.63, 3.8) is 0 Å². The van der Waals surface area contributed by atoms with Crippen molar-refractivity contribution in [1.29, 1.82) is 0 Å². The molecule has 2 aliphatic heterocycles. The van der Waals surface area contributed by atoms with E-state index in [1.165, 1.54) is 16.7 Å². The van der Waals surface area contributed by atoms with Crippen molar-refractivity contribution in [1.82, 2.24) is 20.2 Å². The highest BCUT2D eigenvalue weighted by Gasteiger charge is 2.43. The van der Waals surface area contributed by atoms with Crippen molar-refractivity contribution < 1.29 is 14.3 Å². The summed E-state index contributed by atoms with van der Waals surface area (Å²) in [5, 5.41) is 16.3. The van der Waals surface area contributed by atoms with Crippen LogP contribution in [-0.4, -0.2) is 27.6 Å². The predicted molar refractivity (Wildman–Crippen MR) is 108 cm³/mol. The molecular formula is C20H24ClFN4O3. The fourth-order valence-corrected chi connectivity index (χ4v) is 4.30. The van der Waals surface area contributed by atoms with Gasteiger partial charge in [0.25, 0.3) is 11.5 Å². The van der Waals surface area contributed by atoms with Gasteiger partial charge in [-0.3, -0.25) is 14.2 Å². The predicted octanol–water partition coefficient (Wildman–Crippen LogP) is 2.06. The summed E-state index contributed by atoms with van der Waals surface area (Å²) in [6.45, 7) is 0.646. The Morgan fingerprint density at radius 2 is 1.97 bits per heavy atom. The molecule has 0 saturated heterocycles. The topological polar surface area (TPSA) is 96.2 Å². The smallest absolute Gasteiger partial charge is 0.296 e. The van der Waals surface area contributed by atoms with Crippen LogP contribution in [0.25, 0.3) is 0 Å². The van der Waals surface area contributed by atoms with Crippen molar-refractivity contribution in [2.45, 2.75) is 44.3 Å². The van der Waals surface area contributed by atoms with E-state index in [2.05, 4.69) is 15.6 Å². The highest BCUT2D eigenvalue weighted by Crippen LogP contribution is 2.42. The van der Waals surface area contributed by atoms with Crippen LogP contribution in [0.3, 0.4) is 0 Å². The molecule has 2 bridgehead atoms. The highest BCUT2D eigenvalue weighted by molar-refractivity contribution is 5.94. The largest absolute Gasteiger partial charge is 0.501 e. The maximum atomic E-state index is 13.0. The molecule has 1 saturated carbocycles. The van der Waals surface area contributed by atoms with E-state index in [-0.39, 0.29) is 30.5 Å². The zero-order valence-corrected chi connectivity index (χ0v) is 16.9. The SMILES string of the molecule is CNC12CCC(CC1)Cn1c2nc(C(=O)NCc2ccc(F)cc2)c(O)c1=O.Cl. The molecule has 3 aliphatic rings. The third kappa shape index (κ3) is 3.74. The Hall–Kier alpha value is -2.45. The van der Waals surface area contributed by atoms with Crippen molar-refractivity contribution >= 4 is 18.3 Å². The van der Waals surface area contributed by atoms with Gasteiger partial charge in [0.2, 0.25) is 5.75 Å². The molecule has 3 heterocycles. The van der Waals surface area contributed by atoms with Crippen LogP contribution in [0.4, 0.5) is 4.39 Å². The number of benzene rings is 1. The van der Waals surface area contributed by atoms with Gasteiger partial charge >= 0.3 is 0 Å². The number of aromatic hydroxyl groups is 1. The molecule has 1 aliphatic carbocycles. The van der Waals surface area contributed by atoms with E-state index < -0.39 is 22.8 Å². The van der Waals surface area contributed by atoms with Gasteiger partial charge in [0.15, 0.2) is 5.69 Å². The van der Waals surface area contributed by atoms with E-state index in [0.717, 1.165) is 25.7 Å². The summed E-state index contributed by atoms with van der Waals surface area (Å²) >= 11 is 0. The van der Waals surface area contributed by atoms with Gasteiger partial charge in [-0.15, -0.1) is 12.4 Å². The van der Waals surface area contributed by atoms with Crippen LogP contribution in [0, 0.1) is 11.7 Å². The second kappa shape index (κ2) is 8.12. The average molecular weight is 423 g/mol. The monoisotopic (exact) mass is 422 g/mol. The number of nitrogens with one attached hydrogen (secondary N) is 2. The second-order valence-electron chi connectivity index (χ2n) is 7.63.